The molecule has 1 amide bonds. The van der Waals surface area contributed by atoms with Crippen LogP contribution >= 0.6 is 22.9 Å². The number of halogens is 1. The number of benzene rings is 1. The van der Waals surface area contributed by atoms with Crippen molar-refractivity contribution in [2.45, 2.75) is 32.7 Å². The molecule has 156 valence electrons. The monoisotopic (exact) mass is 441 g/mol. The van der Waals surface area contributed by atoms with E-state index >= 15 is 0 Å². The first-order valence-electron chi connectivity index (χ1n) is 9.90. The molecule has 6 nitrogen and oxygen atoms in total. The van der Waals surface area contributed by atoms with E-state index in [4.69, 9.17) is 16.6 Å². The van der Waals surface area contributed by atoms with Crippen molar-refractivity contribution in [2.75, 3.05) is 25.5 Å². The topological polar surface area (TPSA) is 62.2 Å². The molecule has 1 aliphatic heterocycles. The van der Waals surface area contributed by atoms with Crippen molar-refractivity contribution >= 4 is 34.8 Å². The molecule has 0 aliphatic carbocycles. The van der Waals surface area contributed by atoms with E-state index in [-0.39, 0.29) is 11.9 Å². The molecule has 1 fully saturated rings. The Balaban J connectivity index is 1.78. The van der Waals surface area contributed by atoms with Crippen LogP contribution in [0, 0.1) is 13.8 Å². The first kappa shape index (κ1) is 20.8. The van der Waals surface area contributed by atoms with Crippen LogP contribution in [0.2, 0.25) is 5.02 Å². The van der Waals surface area contributed by atoms with Gasteiger partial charge in [-0.2, -0.15) is 0 Å². The summed E-state index contributed by atoms with van der Waals surface area (Å²) >= 11 is 7.55. The van der Waals surface area contributed by atoms with Gasteiger partial charge in [0.1, 0.15) is 4.88 Å². The average Bonchev–Trinajstić information content (AvgIpc) is 3.34. The minimum absolute atomic E-state index is 0.0349. The third kappa shape index (κ3) is 3.91. The number of thiazole rings is 1. The minimum atomic E-state index is -0.105. The number of hydrogen-bond acceptors (Lipinski definition) is 6. The lowest BCUT2D eigenvalue weighted by atomic mass is 9.99. The third-order valence-corrected chi connectivity index (χ3v) is 6.60. The third-order valence-electron chi connectivity index (χ3n) is 5.29. The summed E-state index contributed by atoms with van der Waals surface area (Å²) in [7, 11) is 3.84. The van der Waals surface area contributed by atoms with Crippen LogP contribution in [0.1, 0.15) is 45.0 Å². The quantitative estimate of drug-likeness (QED) is 0.575. The molecule has 2 aromatic heterocycles. The first-order valence-corrected chi connectivity index (χ1v) is 11.1. The highest BCUT2D eigenvalue weighted by atomic mass is 35.5. The van der Waals surface area contributed by atoms with Crippen LogP contribution in [-0.4, -0.2) is 46.4 Å². The van der Waals surface area contributed by atoms with Gasteiger partial charge < -0.3 is 9.80 Å². The molecule has 8 heteroatoms. The Hall–Kier alpha value is -2.51. The maximum atomic E-state index is 13.4. The van der Waals surface area contributed by atoms with Gasteiger partial charge in [-0.05, 0) is 44.4 Å². The maximum absolute atomic E-state index is 13.4. The minimum Gasteiger partial charge on any atom is -0.347 e. The Morgan fingerprint density at radius 1 is 1.20 bits per heavy atom. The summed E-state index contributed by atoms with van der Waals surface area (Å²) in [4.78, 5) is 31.8. The second kappa shape index (κ2) is 8.32. The Labute approximate surface area is 185 Å². The highest BCUT2D eigenvalue weighted by Crippen LogP contribution is 2.38. The summed E-state index contributed by atoms with van der Waals surface area (Å²) in [6, 6.07) is 7.56. The molecule has 4 rings (SSSR count). The number of carbonyl (C=O) groups is 1. The van der Waals surface area contributed by atoms with E-state index in [0.29, 0.717) is 22.4 Å². The molecular formula is C22H24ClN5OS. The number of aromatic nitrogens is 3. The number of anilines is 1. The van der Waals surface area contributed by atoms with E-state index in [9.17, 15) is 4.79 Å². The zero-order valence-electron chi connectivity index (χ0n) is 17.5. The standard InChI is InChI=1S/C22H24ClN5OS/c1-13-20(30-14(2)25-13)21(29)28-11-5-6-18(28)19-17(12-24-22(26-19)27(3)4)15-7-9-16(23)10-8-15/h7-10,12,18H,5-6,11H2,1-4H3/t18-/m0/s1. The second-order valence-corrected chi connectivity index (χ2v) is 9.31. The predicted molar refractivity (Wildman–Crippen MR) is 121 cm³/mol. The van der Waals surface area contributed by atoms with Crippen LogP contribution in [0.25, 0.3) is 11.1 Å². The molecule has 1 aliphatic rings. The van der Waals surface area contributed by atoms with Crippen LogP contribution < -0.4 is 4.90 Å². The molecule has 1 saturated heterocycles. The summed E-state index contributed by atoms with van der Waals surface area (Å²) < 4.78 is 0. The molecule has 0 spiro atoms. The van der Waals surface area contributed by atoms with E-state index in [2.05, 4.69) is 9.97 Å². The summed E-state index contributed by atoms with van der Waals surface area (Å²) in [5.74, 6) is 0.666. The normalized spacial score (nSPS) is 16.2. The molecule has 3 aromatic rings. The lowest BCUT2D eigenvalue weighted by Crippen LogP contribution is -2.31. The van der Waals surface area contributed by atoms with Crippen molar-refractivity contribution < 1.29 is 4.79 Å². The van der Waals surface area contributed by atoms with Gasteiger partial charge >= 0.3 is 0 Å². The fourth-order valence-corrected chi connectivity index (χ4v) is 4.86. The average molecular weight is 442 g/mol. The summed E-state index contributed by atoms with van der Waals surface area (Å²) in [6.45, 7) is 4.54. The SMILES string of the molecule is Cc1nc(C)c(C(=O)N2CCC[C@H]2c2nc(N(C)C)ncc2-c2ccc(Cl)cc2)s1. The van der Waals surface area contributed by atoms with Crippen molar-refractivity contribution in [3.63, 3.8) is 0 Å². The predicted octanol–water partition coefficient (Wildman–Crippen LogP) is 4.91. The van der Waals surface area contributed by atoms with Crippen molar-refractivity contribution in [1.82, 2.24) is 19.9 Å². The van der Waals surface area contributed by atoms with Gasteiger partial charge in [0.05, 0.1) is 22.4 Å². The van der Waals surface area contributed by atoms with Gasteiger partial charge in [-0.25, -0.2) is 15.0 Å². The lowest BCUT2D eigenvalue weighted by molar-refractivity contribution is 0.0737. The van der Waals surface area contributed by atoms with Crippen molar-refractivity contribution in [3.05, 3.63) is 56.8 Å². The van der Waals surface area contributed by atoms with E-state index in [1.807, 2.05) is 68.2 Å². The van der Waals surface area contributed by atoms with Gasteiger partial charge in [0.25, 0.3) is 5.91 Å². The number of hydrogen-bond donors (Lipinski definition) is 0. The van der Waals surface area contributed by atoms with E-state index in [1.165, 1.54) is 11.3 Å². The lowest BCUT2D eigenvalue weighted by Gasteiger charge is -2.26. The van der Waals surface area contributed by atoms with Gasteiger partial charge in [-0.15, -0.1) is 11.3 Å². The number of likely N-dealkylation sites (tertiary alicyclic amines) is 1. The smallest absolute Gasteiger partial charge is 0.266 e. The molecule has 0 bridgehead atoms. The van der Waals surface area contributed by atoms with Gasteiger partial charge in [-0.3, -0.25) is 4.79 Å². The van der Waals surface area contributed by atoms with Gasteiger partial charge in [0, 0.05) is 37.4 Å². The fourth-order valence-electron chi connectivity index (χ4n) is 3.86. The zero-order valence-corrected chi connectivity index (χ0v) is 19.1. The van der Waals surface area contributed by atoms with Crippen LogP contribution in [-0.2, 0) is 0 Å². The van der Waals surface area contributed by atoms with Crippen LogP contribution in [0.3, 0.4) is 0 Å². The summed E-state index contributed by atoms with van der Waals surface area (Å²) in [6.07, 6.45) is 3.66. The largest absolute Gasteiger partial charge is 0.347 e. The van der Waals surface area contributed by atoms with Crippen LogP contribution in [0.4, 0.5) is 5.95 Å². The molecule has 1 atom stereocenters. The number of rotatable bonds is 4. The molecule has 0 radical (unpaired) electrons. The number of nitrogens with zero attached hydrogens (tertiary/aromatic N) is 5. The van der Waals surface area contributed by atoms with Gasteiger partial charge in [0.15, 0.2) is 0 Å². The van der Waals surface area contributed by atoms with Crippen LogP contribution in [0.5, 0.6) is 0 Å². The second-order valence-electron chi connectivity index (χ2n) is 7.67. The molecular weight excluding hydrogens is 418 g/mol. The van der Waals surface area contributed by atoms with E-state index in [0.717, 1.165) is 40.4 Å². The van der Waals surface area contributed by atoms with Crippen molar-refractivity contribution in [3.8, 4) is 11.1 Å². The number of aryl methyl sites for hydroxylation is 2. The Bertz CT molecular complexity index is 1080. The highest BCUT2D eigenvalue weighted by Gasteiger charge is 2.35. The summed E-state index contributed by atoms with van der Waals surface area (Å²) in [5, 5.41) is 1.59. The molecule has 1 aromatic carbocycles. The summed E-state index contributed by atoms with van der Waals surface area (Å²) in [5.41, 5.74) is 3.59. The van der Waals surface area contributed by atoms with Gasteiger partial charge in [-0.1, -0.05) is 23.7 Å². The maximum Gasteiger partial charge on any atom is 0.266 e. The van der Waals surface area contributed by atoms with Crippen LogP contribution in [0.15, 0.2) is 30.5 Å². The van der Waals surface area contributed by atoms with Crippen molar-refractivity contribution in [2.24, 2.45) is 0 Å². The Morgan fingerprint density at radius 3 is 2.57 bits per heavy atom. The molecule has 0 saturated carbocycles. The molecule has 3 heterocycles. The fraction of sp³-hybridized carbons (Fsp3) is 0.364. The first-order chi connectivity index (χ1) is 14.3. The van der Waals surface area contributed by atoms with E-state index in [1.54, 1.807) is 0 Å². The zero-order chi connectivity index (χ0) is 21.4. The highest BCUT2D eigenvalue weighted by molar-refractivity contribution is 7.13. The number of carbonyl (C=O) groups excluding carboxylic acids is 1. The molecule has 0 unspecified atom stereocenters. The number of amides is 1. The van der Waals surface area contributed by atoms with Crippen molar-refractivity contribution in [1.29, 1.82) is 0 Å². The Kier molecular flexibility index (Phi) is 5.75. The van der Waals surface area contributed by atoms with Gasteiger partial charge in [0.2, 0.25) is 5.95 Å². The Morgan fingerprint density at radius 2 is 1.93 bits per heavy atom. The molecule has 0 N–H and O–H groups in total. The molecule has 30 heavy (non-hydrogen) atoms. The van der Waals surface area contributed by atoms with E-state index < -0.39 is 0 Å².